The Balaban J connectivity index is 1.64. The summed E-state index contributed by atoms with van der Waals surface area (Å²) in [5, 5.41) is 14.3. The average Bonchev–Trinajstić information content (AvgIpc) is 3.17. The zero-order valence-electron chi connectivity index (χ0n) is 14.6. The first kappa shape index (κ1) is 20.1. The fourth-order valence-electron chi connectivity index (χ4n) is 2.42. The summed E-state index contributed by atoms with van der Waals surface area (Å²) in [4.78, 5) is 13.3. The average molecular weight is 380 g/mol. The van der Waals surface area contributed by atoms with Crippen LogP contribution in [0.4, 0.5) is 5.69 Å². The van der Waals surface area contributed by atoms with Crippen LogP contribution in [0.2, 0.25) is 0 Å². The number of sulfonamides is 1. The molecule has 1 aromatic heterocycles. The van der Waals surface area contributed by atoms with E-state index in [1.807, 2.05) is 6.19 Å². The van der Waals surface area contributed by atoms with E-state index in [2.05, 4.69) is 20.6 Å². The summed E-state index contributed by atoms with van der Waals surface area (Å²) in [6, 6.07) is 3.55. The van der Waals surface area contributed by atoms with E-state index in [1.165, 1.54) is 0 Å². The number of nitriles is 1. The SMILES string of the molecule is N#CNC(=NCCCCCCS(=O)(=O)N1CCCO1)Nc1ccncc1. The van der Waals surface area contributed by atoms with E-state index in [1.54, 1.807) is 24.5 Å². The highest BCUT2D eigenvalue weighted by atomic mass is 32.2. The summed E-state index contributed by atoms with van der Waals surface area (Å²) >= 11 is 0. The molecule has 2 rings (SSSR count). The molecule has 0 spiro atoms. The fraction of sp³-hybridized carbons (Fsp3) is 0.562. The molecule has 0 atom stereocenters. The molecule has 0 radical (unpaired) electrons. The van der Waals surface area contributed by atoms with Crippen LogP contribution >= 0.6 is 0 Å². The normalized spacial score (nSPS) is 15.6. The van der Waals surface area contributed by atoms with Crippen LogP contribution in [-0.2, 0) is 14.9 Å². The molecular formula is C16H24N6O3S. The Labute approximate surface area is 154 Å². The van der Waals surface area contributed by atoms with Crippen molar-refractivity contribution < 1.29 is 13.3 Å². The van der Waals surface area contributed by atoms with Crippen LogP contribution in [0, 0.1) is 11.5 Å². The smallest absolute Gasteiger partial charge is 0.236 e. The minimum atomic E-state index is -3.29. The van der Waals surface area contributed by atoms with Gasteiger partial charge in [-0.25, -0.2) is 8.42 Å². The molecule has 0 unspecified atom stereocenters. The number of hydroxylamine groups is 1. The van der Waals surface area contributed by atoms with Gasteiger partial charge in [0, 0.05) is 31.2 Å². The van der Waals surface area contributed by atoms with Crippen molar-refractivity contribution >= 4 is 21.7 Å². The maximum atomic E-state index is 12.0. The zero-order valence-corrected chi connectivity index (χ0v) is 15.4. The van der Waals surface area contributed by atoms with E-state index in [0.717, 1.165) is 35.8 Å². The summed E-state index contributed by atoms with van der Waals surface area (Å²) in [6.45, 7) is 1.48. The molecule has 1 aliphatic rings. The van der Waals surface area contributed by atoms with Crippen molar-refractivity contribution in [2.24, 2.45) is 4.99 Å². The molecule has 2 N–H and O–H groups in total. The molecule has 0 saturated carbocycles. The Morgan fingerprint density at radius 1 is 1.31 bits per heavy atom. The molecule has 1 aromatic rings. The summed E-state index contributed by atoms with van der Waals surface area (Å²) < 4.78 is 25.1. The van der Waals surface area contributed by atoms with Gasteiger partial charge in [-0.15, -0.1) is 0 Å². The van der Waals surface area contributed by atoms with Crippen molar-refractivity contribution in [2.45, 2.75) is 32.1 Å². The largest absolute Gasteiger partial charge is 0.325 e. The van der Waals surface area contributed by atoms with Crippen LogP contribution in [0.15, 0.2) is 29.5 Å². The van der Waals surface area contributed by atoms with Gasteiger partial charge in [0.25, 0.3) is 0 Å². The summed E-state index contributed by atoms with van der Waals surface area (Å²) in [6.07, 6.45) is 8.99. The summed E-state index contributed by atoms with van der Waals surface area (Å²) in [5.74, 6) is 0.494. The molecule has 1 saturated heterocycles. The maximum Gasteiger partial charge on any atom is 0.236 e. The number of guanidine groups is 1. The van der Waals surface area contributed by atoms with Crippen molar-refractivity contribution in [1.29, 1.82) is 5.26 Å². The Bertz CT molecular complexity index is 711. The number of aromatic nitrogens is 1. The van der Waals surface area contributed by atoms with Crippen molar-refractivity contribution in [3.63, 3.8) is 0 Å². The van der Waals surface area contributed by atoms with E-state index in [4.69, 9.17) is 10.1 Å². The number of nitrogens with zero attached hydrogens (tertiary/aromatic N) is 4. The lowest BCUT2D eigenvalue weighted by Crippen LogP contribution is -2.29. The first-order chi connectivity index (χ1) is 12.6. The van der Waals surface area contributed by atoms with Gasteiger partial charge >= 0.3 is 0 Å². The third-order valence-corrected chi connectivity index (χ3v) is 5.44. The van der Waals surface area contributed by atoms with Crippen molar-refractivity contribution in [3.05, 3.63) is 24.5 Å². The number of hydrogen-bond donors (Lipinski definition) is 2. The number of rotatable bonds is 9. The number of nitrogens with one attached hydrogen (secondary N) is 2. The summed E-state index contributed by atoms with van der Waals surface area (Å²) in [5.41, 5.74) is 0.788. The highest BCUT2D eigenvalue weighted by Gasteiger charge is 2.25. The standard InChI is InChI=1S/C16H24N6O3S/c17-14-20-16(21-15-6-9-18-10-7-15)19-8-3-1-2-4-13-26(23,24)22-11-5-12-25-22/h6-7,9-10H,1-5,8,11-13H2,(H2,18,19,20,21). The van der Waals surface area contributed by atoms with Gasteiger partial charge in [0.1, 0.15) is 0 Å². The highest BCUT2D eigenvalue weighted by molar-refractivity contribution is 7.88. The van der Waals surface area contributed by atoms with Gasteiger partial charge in [0.05, 0.1) is 12.4 Å². The van der Waals surface area contributed by atoms with Gasteiger partial charge in [-0.3, -0.25) is 20.1 Å². The predicted molar refractivity (Wildman–Crippen MR) is 98.4 cm³/mol. The Hall–Kier alpha value is -2.22. The van der Waals surface area contributed by atoms with Gasteiger partial charge in [-0.1, -0.05) is 17.3 Å². The quantitative estimate of drug-likeness (QED) is 0.219. The molecule has 1 fully saturated rings. The second kappa shape index (κ2) is 10.7. The number of aliphatic imine (C=N–C) groups is 1. The van der Waals surface area contributed by atoms with Gasteiger partial charge in [0.2, 0.25) is 16.0 Å². The minimum Gasteiger partial charge on any atom is -0.325 e. The molecule has 26 heavy (non-hydrogen) atoms. The minimum absolute atomic E-state index is 0.112. The number of hydrogen-bond acceptors (Lipinski definition) is 6. The van der Waals surface area contributed by atoms with E-state index in [-0.39, 0.29) is 5.75 Å². The lowest BCUT2D eigenvalue weighted by Gasteiger charge is -2.13. The van der Waals surface area contributed by atoms with Gasteiger partial charge < -0.3 is 5.32 Å². The van der Waals surface area contributed by atoms with E-state index >= 15 is 0 Å². The van der Waals surface area contributed by atoms with E-state index in [0.29, 0.717) is 32.1 Å². The third kappa shape index (κ3) is 6.95. The number of anilines is 1. The molecule has 2 heterocycles. The topological polar surface area (TPSA) is 120 Å². The Kier molecular flexibility index (Phi) is 8.27. The molecule has 1 aliphatic heterocycles. The molecule has 10 heteroatoms. The van der Waals surface area contributed by atoms with Crippen molar-refractivity contribution in [1.82, 2.24) is 14.8 Å². The molecule has 9 nitrogen and oxygen atoms in total. The first-order valence-electron chi connectivity index (χ1n) is 8.62. The van der Waals surface area contributed by atoms with Crippen LogP contribution in [-0.4, -0.2) is 49.3 Å². The third-order valence-electron chi connectivity index (χ3n) is 3.73. The maximum absolute atomic E-state index is 12.0. The molecule has 0 amide bonds. The van der Waals surface area contributed by atoms with Gasteiger partial charge in [-0.05, 0) is 31.4 Å². The Morgan fingerprint density at radius 3 is 2.77 bits per heavy atom. The van der Waals surface area contributed by atoms with E-state index < -0.39 is 10.0 Å². The van der Waals surface area contributed by atoms with Crippen molar-refractivity contribution in [3.8, 4) is 6.19 Å². The molecule has 142 valence electrons. The van der Waals surface area contributed by atoms with Gasteiger partial charge in [-0.2, -0.15) is 5.26 Å². The van der Waals surface area contributed by atoms with E-state index in [9.17, 15) is 8.42 Å². The molecule has 0 aliphatic carbocycles. The highest BCUT2D eigenvalue weighted by Crippen LogP contribution is 2.13. The molecular weight excluding hydrogens is 356 g/mol. The van der Waals surface area contributed by atoms with Gasteiger partial charge in [0.15, 0.2) is 6.19 Å². The van der Waals surface area contributed by atoms with Crippen LogP contribution in [0.25, 0.3) is 0 Å². The number of unbranched alkanes of at least 4 members (excludes halogenated alkanes) is 3. The second-order valence-electron chi connectivity index (χ2n) is 5.77. The fourth-order valence-corrected chi connectivity index (χ4v) is 3.84. The zero-order chi connectivity index (χ0) is 18.7. The predicted octanol–water partition coefficient (Wildman–Crippen LogP) is 1.45. The Morgan fingerprint density at radius 2 is 2.08 bits per heavy atom. The molecule has 0 aromatic carbocycles. The second-order valence-corrected chi connectivity index (χ2v) is 7.75. The summed E-state index contributed by atoms with van der Waals surface area (Å²) in [7, 11) is -3.29. The van der Waals surface area contributed by atoms with Crippen LogP contribution < -0.4 is 10.6 Å². The van der Waals surface area contributed by atoms with Crippen LogP contribution in [0.5, 0.6) is 0 Å². The molecule has 0 bridgehead atoms. The van der Waals surface area contributed by atoms with Crippen molar-refractivity contribution in [2.75, 3.05) is 30.8 Å². The monoisotopic (exact) mass is 380 g/mol. The lowest BCUT2D eigenvalue weighted by molar-refractivity contribution is -0.0284. The lowest BCUT2D eigenvalue weighted by atomic mass is 10.2. The van der Waals surface area contributed by atoms with Crippen LogP contribution in [0.3, 0.4) is 0 Å². The number of pyridine rings is 1. The van der Waals surface area contributed by atoms with Crippen LogP contribution in [0.1, 0.15) is 32.1 Å². The first-order valence-corrected chi connectivity index (χ1v) is 10.2.